The van der Waals surface area contributed by atoms with Gasteiger partial charge < -0.3 is 34.9 Å². The van der Waals surface area contributed by atoms with Crippen LogP contribution in [0, 0.1) is 23.7 Å². The number of likely N-dealkylation sites (tertiary alicyclic amines) is 1. The molecule has 1 unspecified atom stereocenters. The number of amides is 5. The highest BCUT2D eigenvalue weighted by atomic mass is 32.2. The molecule has 0 bridgehead atoms. The first-order valence-corrected chi connectivity index (χ1v) is 25.4. The van der Waals surface area contributed by atoms with Crippen LogP contribution in [-0.4, -0.2) is 125 Å². The van der Waals surface area contributed by atoms with Gasteiger partial charge in [0.1, 0.15) is 29.1 Å². The molecule has 0 radical (unpaired) electrons. The summed E-state index contributed by atoms with van der Waals surface area (Å²) in [5.41, 5.74) is 5.39. The van der Waals surface area contributed by atoms with Gasteiger partial charge >= 0.3 is 18.0 Å². The van der Waals surface area contributed by atoms with Crippen LogP contribution in [-0.2, 0) is 44.6 Å². The van der Waals surface area contributed by atoms with Crippen molar-refractivity contribution in [1.29, 1.82) is 0 Å². The summed E-state index contributed by atoms with van der Waals surface area (Å²) in [6, 6.07) is 3.77. The average molecular weight is 976 g/mol. The Hall–Kier alpha value is -4.95. The lowest BCUT2D eigenvalue weighted by molar-refractivity contribution is -0.161. The predicted molar refractivity (Wildman–Crippen MR) is 257 cm³/mol. The van der Waals surface area contributed by atoms with E-state index in [-0.39, 0.29) is 72.4 Å². The number of phenols is 1. The number of carbonyl (C=O) groups excluding carboxylic acids is 7. The molecule has 5 amide bonds. The number of esters is 2. The predicted octanol–water partition coefficient (Wildman–Crippen LogP) is 5.75. The Morgan fingerprint density at radius 3 is 2.28 bits per heavy atom. The molecule has 374 valence electrons. The maximum absolute atomic E-state index is 14.9. The van der Waals surface area contributed by atoms with E-state index in [1.807, 2.05) is 59.7 Å². The van der Waals surface area contributed by atoms with Crippen LogP contribution in [0.2, 0.25) is 0 Å². The zero-order valence-electron chi connectivity index (χ0n) is 40.8. The summed E-state index contributed by atoms with van der Waals surface area (Å²) in [6.45, 7) is 14.8. The zero-order valence-corrected chi connectivity index (χ0v) is 42.4. The van der Waals surface area contributed by atoms with E-state index in [4.69, 9.17) is 14.2 Å². The maximum Gasteiger partial charge on any atom is 0.426 e. The lowest BCUT2D eigenvalue weighted by Crippen LogP contribution is -2.59. The first kappa shape index (κ1) is 56.4. The van der Waals surface area contributed by atoms with Crippen molar-refractivity contribution in [1.82, 2.24) is 36.3 Å². The molecule has 0 spiro atoms. The molecule has 3 rings (SSSR count). The molecule has 67 heavy (non-hydrogen) atoms. The number of benzene rings is 1. The van der Waals surface area contributed by atoms with Gasteiger partial charge in [-0.1, -0.05) is 73.4 Å². The van der Waals surface area contributed by atoms with Crippen LogP contribution < -0.4 is 21.5 Å². The number of piperidine rings is 1. The molecule has 1 aliphatic rings. The minimum atomic E-state index is -1.04. The van der Waals surface area contributed by atoms with E-state index in [1.54, 1.807) is 19.1 Å². The van der Waals surface area contributed by atoms with Crippen LogP contribution in [0.1, 0.15) is 127 Å². The van der Waals surface area contributed by atoms with Crippen molar-refractivity contribution in [3.8, 4) is 5.75 Å². The van der Waals surface area contributed by atoms with Gasteiger partial charge in [-0.25, -0.2) is 15.2 Å². The monoisotopic (exact) mass is 975 g/mol. The Bertz CT molecular complexity index is 1930. The molecule has 2 heterocycles. The van der Waals surface area contributed by atoms with Gasteiger partial charge in [-0.2, -0.15) is 11.8 Å². The van der Waals surface area contributed by atoms with Crippen molar-refractivity contribution in [3.63, 3.8) is 0 Å². The summed E-state index contributed by atoms with van der Waals surface area (Å²) in [5, 5.41) is 17.7. The van der Waals surface area contributed by atoms with Gasteiger partial charge in [-0.15, -0.1) is 11.3 Å². The zero-order chi connectivity index (χ0) is 49.8. The molecule has 1 aliphatic heterocycles. The molecule has 5 N–H and O–H groups in total. The van der Waals surface area contributed by atoms with Crippen LogP contribution in [0.4, 0.5) is 4.79 Å². The lowest BCUT2D eigenvalue weighted by Gasteiger charge is -2.39. The van der Waals surface area contributed by atoms with E-state index in [0.717, 1.165) is 36.3 Å². The van der Waals surface area contributed by atoms with Crippen molar-refractivity contribution in [2.75, 3.05) is 38.9 Å². The third-order valence-corrected chi connectivity index (χ3v) is 13.2. The van der Waals surface area contributed by atoms with Crippen LogP contribution in [0.25, 0.3) is 0 Å². The normalized spacial score (nSPS) is 16.7. The van der Waals surface area contributed by atoms with Crippen LogP contribution in [0.3, 0.4) is 0 Å². The molecule has 2 aromatic rings. The second-order valence-electron chi connectivity index (χ2n) is 18.1. The quantitative estimate of drug-likeness (QED) is 0.0262. The van der Waals surface area contributed by atoms with Gasteiger partial charge in [-0.05, 0) is 81.0 Å². The molecule has 1 fully saturated rings. The topological polar surface area (TPSA) is 235 Å². The van der Waals surface area contributed by atoms with Crippen molar-refractivity contribution >= 4 is 64.8 Å². The number of nitrogens with one attached hydrogen (secondary N) is 4. The summed E-state index contributed by atoms with van der Waals surface area (Å²) >= 11 is 2.59. The molecule has 20 heteroatoms. The first-order valence-electron chi connectivity index (χ1n) is 23.1. The molecule has 7 atom stereocenters. The number of phenolic OH excluding ortho intramolecular Hbond substituents is 1. The number of aromatic nitrogens is 1. The highest BCUT2D eigenvalue weighted by Crippen LogP contribution is 2.32. The van der Waals surface area contributed by atoms with Crippen LogP contribution in [0.5, 0.6) is 5.75 Å². The number of rotatable bonds is 25. The van der Waals surface area contributed by atoms with Crippen LogP contribution >= 0.6 is 23.1 Å². The minimum absolute atomic E-state index is 0.00179. The van der Waals surface area contributed by atoms with Gasteiger partial charge in [0, 0.05) is 48.9 Å². The number of aromatic hydroxyl groups is 1. The Morgan fingerprint density at radius 1 is 0.970 bits per heavy atom. The molecule has 1 aromatic heterocycles. The number of ether oxygens (including phenoxy) is 3. The summed E-state index contributed by atoms with van der Waals surface area (Å²) in [6.07, 6.45) is 3.70. The molecule has 1 saturated heterocycles. The van der Waals surface area contributed by atoms with E-state index in [2.05, 4.69) is 26.5 Å². The third-order valence-electron chi connectivity index (χ3n) is 11.7. The summed E-state index contributed by atoms with van der Waals surface area (Å²) < 4.78 is 16.6. The summed E-state index contributed by atoms with van der Waals surface area (Å²) in [7, 11) is 1.90. The average Bonchev–Trinajstić information content (AvgIpc) is 3.77. The fourth-order valence-corrected chi connectivity index (χ4v) is 8.77. The fourth-order valence-electron chi connectivity index (χ4n) is 7.68. The smallest absolute Gasteiger partial charge is 0.426 e. The van der Waals surface area contributed by atoms with Gasteiger partial charge in [0.05, 0.1) is 6.04 Å². The van der Waals surface area contributed by atoms with Gasteiger partial charge in [0.2, 0.25) is 17.7 Å². The van der Waals surface area contributed by atoms with Crippen molar-refractivity contribution in [2.45, 2.75) is 137 Å². The van der Waals surface area contributed by atoms with Gasteiger partial charge in [0.15, 0.2) is 12.8 Å². The van der Waals surface area contributed by atoms with E-state index in [9.17, 15) is 38.7 Å². The lowest BCUT2D eigenvalue weighted by atomic mass is 9.92. The maximum atomic E-state index is 14.9. The number of hydrogen-bond donors (Lipinski definition) is 5. The van der Waals surface area contributed by atoms with Crippen LogP contribution in [0.15, 0.2) is 29.6 Å². The molecule has 18 nitrogen and oxygen atoms in total. The van der Waals surface area contributed by atoms with Crippen molar-refractivity contribution < 1.29 is 52.9 Å². The highest BCUT2D eigenvalue weighted by molar-refractivity contribution is 7.98. The molecule has 0 aliphatic carbocycles. The highest BCUT2D eigenvalue weighted by Gasteiger charge is 2.39. The van der Waals surface area contributed by atoms with Gasteiger partial charge in [0.25, 0.3) is 5.91 Å². The number of thiazole rings is 1. The van der Waals surface area contributed by atoms with Crippen molar-refractivity contribution in [3.05, 3.63) is 45.9 Å². The Kier molecular flexibility index (Phi) is 23.9. The summed E-state index contributed by atoms with van der Waals surface area (Å²) in [4.78, 5) is 101. The number of carbonyl (C=O) groups is 7. The molecule has 0 saturated carbocycles. The minimum Gasteiger partial charge on any atom is -0.508 e. The van der Waals surface area contributed by atoms with E-state index in [0.29, 0.717) is 18.6 Å². The molecular weight excluding hydrogens is 903 g/mol. The number of thioether (sulfide) groups is 1. The largest absolute Gasteiger partial charge is 0.508 e. The molecular formula is C47H73N7O11S2. The van der Waals surface area contributed by atoms with Crippen molar-refractivity contribution in [2.24, 2.45) is 23.7 Å². The Morgan fingerprint density at radius 2 is 1.67 bits per heavy atom. The standard InChI is InChI=1S/C47H73N7O11S2/c1-11-30(6)41(50-44(60)37-14-12-13-19-53(37)9)46(61)54(27-64-40(57)22-28(2)3)38(29(4)5)25-39(65-32(8)55)45-49-36(26-67-45)43(59)48-34(24-33-15-17-35(56)18-16-33)23-31(7)42(58)51-52-47(62)63-20-21-66-10/h15-18,26,28-31,34,37-39,41,56H,11-14,19-25,27H2,1-10H3,(H,48,59)(H,50,60)(H,51,58)(H,52,62)/t30?,31-,34+,37+,38+,39+,41-/m0/s1. The SMILES string of the molecule is CCC(C)[C@H](NC(=O)[C@H]1CCCCN1C)C(=O)N(COC(=O)CC(C)C)[C@H](C[C@@H](OC(C)=O)c1nc(C(=O)N[C@@H](Cc2ccc(O)cc2)C[C@H](C)C(=O)NNC(=O)OCCSC)cs1)C(C)C. The second-order valence-corrected chi connectivity index (χ2v) is 19.9. The summed E-state index contributed by atoms with van der Waals surface area (Å²) in [5.74, 6) is -3.50. The Labute approximate surface area is 403 Å². The van der Waals surface area contributed by atoms with E-state index >= 15 is 0 Å². The Balaban J connectivity index is 1.93. The first-order chi connectivity index (χ1) is 31.7. The number of hydrogen-bond acceptors (Lipinski definition) is 15. The van der Waals surface area contributed by atoms with E-state index in [1.165, 1.54) is 41.1 Å². The number of nitrogens with zero attached hydrogens (tertiary/aromatic N) is 3. The third kappa shape index (κ3) is 18.9. The number of hydrazine groups is 1. The fraction of sp³-hybridized carbons (Fsp3) is 0.660. The number of likely N-dealkylation sites (N-methyl/N-ethyl adjacent to an activating group) is 1. The second kappa shape index (κ2) is 28.4. The van der Waals surface area contributed by atoms with Gasteiger partial charge in [-0.3, -0.25) is 39.1 Å². The molecule has 1 aromatic carbocycles. The van der Waals surface area contributed by atoms with E-state index < -0.39 is 78.7 Å².